The highest BCUT2D eigenvalue weighted by Gasteiger charge is 2.28. The predicted molar refractivity (Wildman–Crippen MR) is 77.0 cm³/mol. The highest BCUT2D eigenvalue weighted by atomic mass is 35.5. The van der Waals surface area contributed by atoms with E-state index in [4.69, 9.17) is 16.9 Å². The van der Waals surface area contributed by atoms with Crippen LogP contribution >= 0.6 is 11.6 Å². The third-order valence-electron chi connectivity index (χ3n) is 3.48. The van der Waals surface area contributed by atoms with Crippen molar-refractivity contribution in [1.82, 2.24) is 9.21 Å². The maximum absolute atomic E-state index is 12.5. The molecule has 2 rings (SSSR count). The topological polar surface area (TPSA) is 64.4 Å². The number of likely N-dealkylation sites (N-methyl/N-ethyl adjacent to an activating group) is 1. The molecule has 1 saturated heterocycles. The van der Waals surface area contributed by atoms with Gasteiger partial charge in [-0.15, -0.1) is 0 Å². The van der Waals surface area contributed by atoms with E-state index in [1.54, 1.807) is 0 Å². The molecule has 0 aliphatic carbocycles. The fourth-order valence-corrected chi connectivity index (χ4v) is 3.92. The van der Waals surface area contributed by atoms with E-state index in [2.05, 4.69) is 11.8 Å². The Morgan fingerprint density at radius 2 is 1.95 bits per heavy atom. The molecule has 1 heterocycles. The zero-order chi connectivity index (χ0) is 14.8. The van der Waals surface area contributed by atoms with Gasteiger partial charge in [-0.1, -0.05) is 18.5 Å². The molecule has 108 valence electrons. The molecule has 1 fully saturated rings. The van der Waals surface area contributed by atoms with Gasteiger partial charge >= 0.3 is 0 Å². The van der Waals surface area contributed by atoms with E-state index < -0.39 is 10.0 Å². The maximum Gasteiger partial charge on any atom is 0.243 e. The number of hydrogen-bond donors (Lipinski definition) is 0. The van der Waals surface area contributed by atoms with Crippen LogP contribution in [0.3, 0.4) is 0 Å². The zero-order valence-corrected chi connectivity index (χ0v) is 12.8. The Bertz CT molecular complexity index is 632. The first kappa shape index (κ1) is 15.3. The fraction of sp³-hybridized carbons (Fsp3) is 0.462. The Kier molecular flexibility index (Phi) is 4.66. The third kappa shape index (κ3) is 2.96. The van der Waals surface area contributed by atoms with Crippen LogP contribution < -0.4 is 0 Å². The van der Waals surface area contributed by atoms with Crippen LogP contribution in [0.5, 0.6) is 0 Å². The van der Waals surface area contributed by atoms with Crippen molar-refractivity contribution in [2.45, 2.75) is 11.8 Å². The Morgan fingerprint density at radius 1 is 1.30 bits per heavy atom. The van der Waals surface area contributed by atoms with Crippen LogP contribution in [-0.2, 0) is 10.0 Å². The standard InChI is InChI=1S/C13H16ClN3O2S/c1-2-16-5-7-17(8-6-16)20(18,19)12-4-3-11(10-15)13(14)9-12/h3-4,9H,2,5-8H2,1H3. The van der Waals surface area contributed by atoms with Gasteiger partial charge in [-0.25, -0.2) is 8.42 Å². The van der Waals surface area contributed by atoms with Crippen molar-refractivity contribution in [1.29, 1.82) is 5.26 Å². The van der Waals surface area contributed by atoms with Crippen molar-refractivity contribution in [2.75, 3.05) is 32.7 Å². The molecular weight excluding hydrogens is 298 g/mol. The van der Waals surface area contributed by atoms with Crippen molar-refractivity contribution in [2.24, 2.45) is 0 Å². The summed E-state index contributed by atoms with van der Waals surface area (Å²) in [4.78, 5) is 2.35. The first-order valence-corrected chi connectivity index (χ1v) is 8.23. The number of rotatable bonds is 3. The van der Waals surface area contributed by atoms with Crippen LogP contribution in [0.2, 0.25) is 5.02 Å². The molecule has 0 unspecified atom stereocenters. The summed E-state index contributed by atoms with van der Waals surface area (Å²) in [5.41, 5.74) is 0.279. The summed E-state index contributed by atoms with van der Waals surface area (Å²) in [6.07, 6.45) is 0. The molecule has 0 radical (unpaired) electrons. The molecule has 7 heteroatoms. The van der Waals surface area contributed by atoms with Gasteiger partial charge in [-0.05, 0) is 24.7 Å². The Balaban J connectivity index is 2.23. The molecule has 0 atom stereocenters. The summed E-state index contributed by atoms with van der Waals surface area (Å²) in [6, 6.07) is 6.15. The second kappa shape index (κ2) is 6.10. The maximum atomic E-state index is 12.5. The van der Waals surface area contributed by atoms with Gasteiger partial charge in [-0.2, -0.15) is 9.57 Å². The van der Waals surface area contributed by atoms with Crippen LogP contribution in [0.15, 0.2) is 23.1 Å². The number of nitrogens with zero attached hydrogens (tertiary/aromatic N) is 3. The average molecular weight is 314 g/mol. The average Bonchev–Trinajstić information content (AvgIpc) is 2.47. The van der Waals surface area contributed by atoms with Gasteiger partial charge in [0.1, 0.15) is 6.07 Å². The number of nitriles is 1. The number of halogens is 1. The summed E-state index contributed by atoms with van der Waals surface area (Å²) >= 11 is 5.91. The summed E-state index contributed by atoms with van der Waals surface area (Å²) in [7, 11) is -3.53. The third-order valence-corrected chi connectivity index (χ3v) is 5.68. The Labute approximate surface area is 124 Å². The van der Waals surface area contributed by atoms with Gasteiger partial charge in [-0.3, -0.25) is 0 Å². The lowest BCUT2D eigenvalue weighted by Crippen LogP contribution is -2.48. The molecule has 5 nitrogen and oxygen atoms in total. The minimum absolute atomic E-state index is 0.145. The van der Waals surface area contributed by atoms with Crippen LogP contribution in [0.4, 0.5) is 0 Å². The molecule has 1 aromatic carbocycles. The van der Waals surface area contributed by atoms with E-state index in [0.29, 0.717) is 13.1 Å². The van der Waals surface area contributed by atoms with Crippen molar-refractivity contribution < 1.29 is 8.42 Å². The first-order chi connectivity index (χ1) is 9.48. The Hall–Kier alpha value is -1.13. The van der Waals surface area contributed by atoms with Gasteiger partial charge < -0.3 is 4.90 Å². The number of hydrogen-bond acceptors (Lipinski definition) is 4. The second-order valence-electron chi connectivity index (χ2n) is 4.59. The van der Waals surface area contributed by atoms with Crippen LogP contribution in [-0.4, -0.2) is 50.3 Å². The van der Waals surface area contributed by atoms with Gasteiger partial charge in [0.25, 0.3) is 0 Å². The van der Waals surface area contributed by atoms with Crippen LogP contribution in [0.1, 0.15) is 12.5 Å². The molecular formula is C13H16ClN3O2S. The van der Waals surface area contributed by atoms with Gasteiger partial charge in [0, 0.05) is 26.2 Å². The molecule has 20 heavy (non-hydrogen) atoms. The minimum Gasteiger partial charge on any atom is -0.301 e. The van der Waals surface area contributed by atoms with Crippen molar-refractivity contribution in [3.05, 3.63) is 28.8 Å². The molecule has 1 aliphatic rings. The van der Waals surface area contributed by atoms with E-state index in [1.165, 1.54) is 22.5 Å². The molecule has 0 amide bonds. The van der Waals surface area contributed by atoms with E-state index in [0.717, 1.165) is 19.6 Å². The summed E-state index contributed by atoms with van der Waals surface area (Å²) in [5, 5.41) is 8.98. The molecule has 0 spiro atoms. The van der Waals surface area contributed by atoms with Crippen molar-refractivity contribution >= 4 is 21.6 Å². The highest BCUT2D eigenvalue weighted by Crippen LogP contribution is 2.23. The van der Waals surface area contributed by atoms with E-state index in [1.807, 2.05) is 6.07 Å². The monoisotopic (exact) mass is 313 g/mol. The SMILES string of the molecule is CCN1CCN(S(=O)(=O)c2ccc(C#N)c(Cl)c2)CC1. The molecule has 0 bridgehead atoms. The van der Waals surface area contributed by atoms with Crippen molar-refractivity contribution in [3.8, 4) is 6.07 Å². The zero-order valence-electron chi connectivity index (χ0n) is 11.2. The molecule has 0 saturated carbocycles. The largest absolute Gasteiger partial charge is 0.301 e. The smallest absolute Gasteiger partial charge is 0.243 e. The van der Waals surface area contributed by atoms with Crippen LogP contribution in [0.25, 0.3) is 0 Å². The van der Waals surface area contributed by atoms with Crippen molar-refractivity contribution in [3.63, 3.8) is 0 Å². The predicted octanol–water partition coefficient (Wildman–Crippen LogP) is 1.54. The lowest BCUT2D eigenvalue weighted by molar-refractivity contribution is 0.196. The quantitative estimate of drug-likeness (QED) is 0.849. The minimum atomic E-state index is -3.53. The summed E-state index contributed by atoms with van der Waals surface area (Å²) < 4.78 is 26.5. The van der Waals surface area contributed by atoms with Gasteiger partial charge in [0.2, 0.25) is 10.0 Å². The van der Waals surface area contributed by atoms with E-state index in [9.17, 15) is 8.42 Å². The van der Waals surface area contributed by atoms with E-state index in [-0.39, 0.29) is 15.5 Å². The lowest BCUT2D eigenvalue weighted by atomic mass is 10.2. The first-order valence-electron chi connectivity index (χ1n) is 6.41. The summed E-state index contributed by atoms with van der Waals surface area (Å²) in [5.74, 6) is 0. The summed E-state index contributed by atoms with van der Waals surface area (Å²) in [6.45, 7) is 5.42. The van der Waals surface area contributed by atoms with Gasteiger partial charge in [0.05, 0.1) is 15.5 Å². The normalized spacial score (nSPS) is 17.9. The van der Waals surface area contributed by atoms with Gasteiger partial charge in [0.15, 0.2) is 0 Å². The number of benzene rings is 1. The lowest BCUT2D eigenvalue weighted by Gasteiger charge is -2.33. The Morgan fingerprint density at radius 3 is 2.45 bits per heavy atom. The number of piperazine rings is 1. The van der Waals surface area contributed by atoms with Crippen LogP contribution in [0, 0.1) is 11.3 Å². The van der Waals surface area contributed by atoms with E-state index >= 15 is 0 Å². The molecule has 0 aromatic heterocycles. The molecule has 1 aliphatic heterocycles. The fourth-order valence-electron chi connectivity index (χ4n) is 2.18. The second-order valence-corrected chi connectivity index (χ2v) is 6.94. The highest BCUT2D eigenvalue weighted by molar-refractivity contribution is 7.89. The molecule has 1 aromatic rings. The number of sulfonamides is 1. The molecule has 0 N–H and O–H groups in total.